The molecule has 4 aliphatic carbocycles. The van der Waals surface area contributed by atoms with Gasteiger partial charge in [-0.05, 0) is 80.2 Å². The Hall–Kier alpha value is -3.41. The van der Waals surface area contributed by atoms with Crippen LogP contribution < -0.4 is 10.9 Å². The van der Waals surface area contributed by atoms with Crippen LogP contribution in [0.4, 0.5) is 0 Å². The Morgan fingerprint density at radius 1 is 0.973 bits per heavy atom. The molecule has 1 N–H and O–H groups in total. The molecule has 8 rings (SSSR count). The number of aromatic nitrogens is 3. The summed E-state index contributed by atoms with van der Waals surface area (Å²) in [5.74, 6) is 2.39. The Balaban J connectivity index is 1.18. The molecule has 2 aromatic heterocycles. The molecule has 0 aliphatic heterocycles. The average molecular weight is 495 g/mol. The molecule has 37 heavy (non-hydrogen) atoms. The first-order valence-corrected chi connectivity index (χ1v) is 13.8. The van der Waals surface area contributed by atoms with Gasteiger partial charge in [0.05, 0.1) is 6.20 Å². The van der Waals surface area contributed by atoms with E-state index < -0.39 is 0 Å². The first-order valence-electron chi connectivity index (χ1n) is 13.8. The van der Waals surface area contributed by atoms with Crippen LogP contribution in [0.5, 0.6) is 0 Å². The molecule has 4 bridgehead atoms. The number of fused-ring (bicyclic) bond motifs is 3. The quantitative estimate of drug-likeness (QED) is 0.405. The Morgan fingerprint density at radius 3 is 2.32 bits per heavy atom. The first kappa shape index (κ1) is 22.8. The standard InChI is InChI=1S/C31H34N4O2/c1-20(31-14-22-11-23(15-31)13-24(12-22)16-31)33-28(36)19-35-30(37)29-26(17-32-35)25-9-5-6-10-27(25)34(29)18-21-7-3-2-4-8-21/h2-10,17,20,22-24H,11-16,18-19H2,1H3,(H,33,36). The summed E-state index contributed by atoms with van der Waals surface area (Å²) in [6.45, 7) is 2.71. The van der Waals surface area contributed by atoms with Gasteiger partial charge in [0.1, 0.15) is 12.1 Å². The Bertz CT molecular complexity index is 1510. The summed E-state index contributed by atoms with van der Waals surface area (Å²) in [5, 5.41) is 9.58. The molecule has 4 aliphatic rings. The topological polar surface area (TPSA) is 68.9 Å². The predicted molar refractivity (Wildman–Crippen MR) is 145 cm³/mol. The highest BCUT2D eigenvalue weighted by Crippen LogP contribution is 2.61. The fraction of sp³-hybridized carbons (Fsp3) is 0.452. The van der Waals surface area contributed by atoms with Crippen LogP contribution in [0.1, 0.15) is 51.0 Å². The van der Waals surface area contributed by atoms with Crippen LogP contribution in [0.3, 0.4) is 0 Å². The molecule has 4 fully saturated rings. The molecule has 0 spiro atoms. The minimum absolute atomic E-state index is 0.0572. The van der Waals surface area contributed by atoms with E-state index in [2.05, 4.69) is 34.0 Å². The highest BCUT2D eigenvalue weighted by molar-refractivity contribution is 6.07. The molecule has 1 amide bonds. The SMILES string of the molecule is CC(NC(=O)Cn1ncc2c3ccccc3n(Cc3ccccc3)c2c1=O)C12CC3CC(CC(C3)C1)C2. The van der Waals surface area contributed by atoms with Gasteiger partial charge >= 0.3 is 0 Å². The lowest BCUT2D eigenvalue weighted by Crippen LogP contribution is -2.56. The zero-order chi connectivity index (χ0) is 25.1. The number of para-hydroxylation sites is 1. The Kier molecular flexibility index (Phi) is 5.27. The highest BCUT2D eigenvalue weighted by Gasteiger charge is 2.53. The van der Waals surface area contributed by atoms with Crippen molar-refractivity contribution in [1.82, 2.24) is 19.7 Å². The smallest absolute Gasteiger partial charge is 0.291 e. The third kappa shape index (κ3) is 3.80. The second-order valence-electron chi connectivity index (χ2n) is 12.0. The summed E-state index contributed by atoms with van der Waals surface area (Å²) in [4.78, 5) is 27.0. The van der Waals surface area contributed by atoms with Crippen molar-refractivity contribution in [2.24, 2.45) is 23.2 Å². The second kappa shape index (κ2) is 8.57. The lowest BCUT2D eigenvalue weighted by atomic mass is 9.48. The van der Waals surface area contributed by atoms with Crippen molar-refractivity contribution < 1.29 is 4.79 Å². The van der Waals surface area contributed by atoms with Gasteiger partial charge in [0.2, 0.25) is 5.91 Å². The number of amides is 1. The molecule has 4 aromatic rings. The lowest BCUT2D eigenvalue weighted by Gasteiger charge is -2.59. The zero-order valence-corrected chi connectivity index (χ0v) is 21.4. The number of carbonyl (C=O) groups excluding carboxylic acids is 1. The number of rotatable bonds is 6. The normalized spacial score (nSPS) is 27.1. The zero-order valence-electron chi connectivity index (χ0n) is 21.4. The summed E-state index contributed by atoms with van der Waals surface area (Å²) in [7, 11) is 0. The molecule has 190 valence electrons. The summed E-state index contributed by atoms with van der Waals surface area (Å²) in [6, 6.07) is 18.3. The Morgan fingerprint density at radius 2 is 1.62 bits per heavy atom. The van der Waals surface area contributed by atoms with Crippen LogP contribution >= 0.6 is 0 Å². The minimum atomic E-state index is -0.220. The highest BCUT2D eigenvalue weighted by atomic mass is 16.2. The van der Waals surface area contributed by atoms with E-state index in [9.17, 15) is 9.59 Å². The molecule has 0 radical (unpaired) electrons. The van der Waals surface area contributed by atoms with Crippen LogP contribution in [-0.4, -0.2) is 26.3 Å². The molecule has 2 heterocycles. The lowest BCUT2D eigenvalue weighted by molar-refractivity contribution is -0.126. The number of benzene rings is 2. The van der Waals surface area contributed by atoms with Crippen molar-refractivity contribution in [3.05, 3.63) is 76.7 Å². The van der Waals surface area contributed by atoms with E-state index in [4.69, 9.17) is 0 Å². The summed E-state index contributed by atoms with van der Waals surface area (Å²) in [6.07, 6.45) is 9.62. The number of nitrogens with zero attached hydrogens (tertiary/aromatic N) is 3. The van der Waals surface area contributed by atoms with Crippen molar-refractivity contribution in [2.75, 3.05) is 0 Å². The molecule has 1 unspecified atom stereocenters. The van der Waals surface area contributed by atoms with Gasteiger partial charge in [-0.1, -0.05) is 48.5 Å². The molecule has 1 atom stereocenters. The van der Waals surface area contributed by atoms with Gasteiger partial charge in [-0.3, -0.25) is 9.59 Å². The van der Waals surface area contributed by atoms with Crippen LogP contribution in [0.25, 0.3) is 21.8 Å². The van der Waals surface area contributed by atoms with Gasteiger partial charge in [0.25, 0.3) is 5.56 Å². The maximum atomic E-state index is 13.8. The molecular formula is C31H34N4O2. The number of hydrogen-bond donors (Lipinski definition) is 1. The third-order valence-corrected chi connectivity index (χ3v) is 9.63. The van der Waals surface area contributed by atoms with E-state index in [0.717, 1.165) is 39.6 Å². The van der Waals surface area contributed by atoms with Gasteiger partial charge < -0.3 is 9.88 Å². The maximum Gasteiger partial charge on any atom is 0.291 e. The summed E-state index contributed by atoms with van der Waals surface area (Å²) >= 11 is 0. The number of nitrogens with one attached hydrogen (secondary N) is 1. The summed E-state index contributed by atoms with van der Waals surface area (Å²) < 4.78 is 3.40. The molecule has 2 aromatic carbocycles. The molecule has 0 saturated heterocycles. The van der Waals surface area contributed by atoms with Crippen molar-refractivity contribution in [3.8, 4) is 0 Å². The van der Waals surface area contributed by atoms with Crippen molar-refractivity contribution in [3.63, 3.8) is 0 Å². The molecule has 6 nitrogen and oxygen atoms in total. The third-order valence-electron chi connectivity index (χ3n) is 9.63. The van der Waals surface area contributed by atoms with E-state index in [1.807, 2.05) is 42.5 Å². The molecule has 4 saturated carbocycles. The molecule has 6 heteroatoms. The average Bonchev–Trinajstić information content (AvgIpc) is 3.19. The van der Waals surface area contributed by atoms with Crippen molar-refractivity contribution in [1.29, 1.82) is 0 Å². The van der Waals surface area contributed by atoms with Crippen LogP contribution in [0.15, 0.2) is 65.6 Å². The van der Waals surface area contributed by atoms with Crippen molar-refractivity contribution in [2.45, 2.75) is 64.6 Å². The van der Waals surface area contributed by atoms with Gasteiger partial charge in [-0.2, -0.15) is 5.10 Å². The number of carbonyl (C=O) groups is 1. The van der Waals surface area contributed by atoms with Crippen molar-refractivity contribution >= 4 is 27.7 Å². The first-order chi connectivity index (χ1) is 18.0. The van der Waals surface area contributed by atoms with E-state index >= 15 is 0 Å². The van der Waals surface area contributed by atoms with Gasteiger partial charge in [-0.25, -0.2) is 4.68 Å². The van der Waals surface area contributed by atoms with E-state index in [1.54, 1.807) is 6.20 Å². The maximum absolute atomic E-state index is 13.8. The van der Waals surface area contributed by atoms with Gasteiger partial charge in [0.15, 0.2) is 0 Å². The van der Waals surface area contributed by atoms with Crippen LogP contribution in [0, 0.1) is 23.2 Å². The van der Waals surface area contributed by atoms with Crippen LogP contribution in [0.2, 0.25) is 0 Å². The number of hydrogen-bond acceptors (Lipinski definition) is 3. The second-order valence-corrected chi connectivity index (χ2v) is 12.0. The van der Waals surface area contributed by atoms with Gasteiger partial charge in [-0.15, -0.1) is 0 Å². The fourth-order valence-corrected chi connectivity index (χ4v) is 8.32. The monoisotopic (exact) mass is 494 g/mol. The largest absolute Gasteiger partial charge is 0.351 e. The summed E-state index contributed by atoms with van der Waals surface area (Å²) in [5.41, 5.74) is 2.73. The predicted octanol–water partition coefficient (Wildman–Crippen LogP) is 5.12. The Labute approximate surface area is 216 Å². The minimum Gasteiger partial charge on any atom is -0.351 e. The van der Waals surface area contributed by atoms with E-state index in [0.29, 0.717) is 12.1 Å². The van der Waals surface area contributed by atoms with E-state index in [-0.39, 0.29) is 29.5 Å². The van der Waals surface area contributed by atoms with Crippen LogP contribution in [-0.2, 0) is 17.9 Å². The van der Waals surface area contributed by atoms with E-state index in [1.165, 1.54) is 43.2 Å². The molecular weight excluding hydrogens is 460 g/mol. The fourth-order valence-electron chi connectivity index (χ4n) is 8.32. The van der Waals surface area contributed by atoms with Gasteiger partial charge in [0, 0.05) is 28.9 Å².